The number of aromatic nitrogens is 1. The fourth-order valence-corrected chi connectivity index (χ4v) is 4.98. The van der Waals surface area contributed by atoms with Crippen molar-refractivity contribution in [3.63, 3.8) is 0 Å². The van der Waals surface area contributed by atoms with E-state index in [9.17, 15) is 26.4 Å². The van der Waals surface area contributed by atoms with Gasteiger partial charge in [0.25, 0.3) is 0 Å². The van der Waals surface area contributed by atoms with Crippen LogP contribution in [0.3, 0.4) is 0 Å². The summed E-state index contributed by atoms with van der Waals surface area (Å²) < 4.78 is 75.6. The topological polar surface area (TPSA) is 74.6 Å². The van der Waals surface area contributed by atoms with Crippen molar-refractivity contribution in [3.05, 3.63) is 100 Å². The number of alkyl halides is 3. The minimum atomic E-state index is -4.50. The molecule has 0 saturated carbocycles. The first-order valence-electron chi connectivity index (χ1n) is 11.8. The quantitative estimate of drug-likeness (QED) is 0.197. The Bertz CT molecular complexity index is 1610. The van der Waals surface area contributed by atoms with E-state index in [1.54, 1.807) is 48.7 Å². The van der Waals surface area contributed by atoms with Crippen LogP contribution in [0.5, 0.6) is 5.75 Å². The van der Waals surface area contributed by atoms with Crippen molar-refractivity contribution in [2.75, 3.05) is 12.9 Å². The Morgan fingerprint density at radius 3 is 2.39 bits per heavy atom. The number of carbonyl (C=O) groups is 1. The van der Waals surface area contributed by atoms with Gasteiger partial charge in [-0.3, -0.25) is 0 Å². The van der Waals surface area contributed by atoms with Crippen molar-refractivity contribution in [1.82, 2.24) is 4.57 Å². The van der Waals surface area contributed by atoms with Crippen LogP contribution in [0.2, 0.25) is 0 Å². The van der Waals surface area contributed by atoms with Gasteiger partial charge in [0.05, 0.1) is 18.4 Å². The SMILES string of the molecule is CCOC(=O)c1c(Cc2cccc(C(F)(F)F)c2)c2ccccc2n1Cc1cc(C)cc(OS(C)(=O)=O)c1. The highest BCUT2D eigenvalue weighted by atomic mass is 32.2. The Morgan fingerprint density at radius 1 is 0.974 bits per heavy atom. The molecule has 6 nitrogen and oxygen atoms in total. The second kappa shape index (κ2) is 10.5. The molecule has 0 spiro atoms. The van der Waals surface area contributed by atoms with E-state index >= 15 is 0 Å². The summed E-state index contributed by atoms with van der Waals surface area (Å²) in [5, 5.41) is 0.702. The third-order valence-electron chi connectivity index (χ3n) is 5.88. The predicted molar refractivity (Wildman–Crippen MR) is 138 cm³/mol. The molecule has 1 aromatic heterocycles. The summed E-state index contributed by atoms with van der Waals surface area (Å²) in [7, 11) is -3.75. The van der Waals surface area contributed by atoms with Gasteiger partial charge in [-0.1, -0.05) is 42.5 Å². The molecule has 0 atom stereocenters. The smallest absolute Gasteiger partial charge is 0.416 e. The molecule has 0 bridgehead atoms. The van der Waals surface area contributed by atoms with Crippen molar-refractivity contribution in [2.45, 2.75) is 33.0 Å². The highest BCUT2D eigenvalue weighted by molar-refractivity contribution is 7.86. The molecular formula is C28H26F3NO5S. The lowest BCUT2D eigenvalue weighted by atomic mass is 10.00. The maximum Gasteiger partial charge on any atom is 0.416 e. The van der Waals surface area contributed by atoms with Crippen LogP contribution in [-0.4, -0.2) is 31.8 Å². The third kappa shape index (κ3) is 6.19. The number of hydrogen-bond acceptors (Lipinski definition) is 5. The summed E-state index contributed by atoms with van der Waals surface area (Å²) >= 11 is 0. The maximum atomic E-state index is 13.4. The molecule has 1 heterocycles. The molecule has 0 N–H and O–H groups in total. The van der Waals surface area contributed by atoms with Crippen molar-refractivity contribution >= 4 is 27.0 Å². The Morgan fingerprint density at radius 2 is 1.71 bits per heavy atom. The predicted octanol–water partition coefficient (Wildman–Crippen LogP) is 6.12. The number of benzene rings is 3. The number of nitrogens with zero attached hydrogens (tertiary/aromatic N) is 1. The number of aryl methyl sites for hydroxylation is 1. The van der Waals surface area contributed by atoms with Gasteiger partial charge in [0.2, 0.25) is 0 Å². The van der Waals surface area contributed by atoms with E-state index in [1.807, 2.05) is 18.2 Å². The minimum Gasteiger partial charge on any atom is -0.461 e. The van der Waals surface area contributed by atoms with Gasteiger partial charge in [-0.2, -0.15) is 21.6 Å². The van der Waals surface area contributed by atoms with Crippen molar-refractivity contribution < 1.29 is 35.3 Å². The largest absolute Gasteiger partial charge is 0.461 e. The van der Waals surface area contributed by atoms with E-state index in [0.717, 1.165) is 24.0 Å². The number of para-hydroxylation sites is 1. The second-order valence-electron chi connectivity index (χ2n) is 8.97. The van der Waals surface area contributed by atoms with Crippen LogP contribution in [0.25, 0.3) is 10.9 Å². The molecule has 0 aliphatic rings. The first-order valence-corrected chi connectivity index (χ1v) is 13.6. The monoisotopic (exact) mass is 545 g/mol. The molecule has 0 fully saturated rings. The molecule has 4 rings (SSSR count). The van der Waals surface area contributed by atoms with Crippen LogP contribution in [0.4, 0.5) is 13.2 Å². The van der Waals surface area contributed by atoms with Gasteiger partial charge in [0, 0.05) is 23.9 Å². The van der Waals surface area contributed by atoms with Gasteiger partial charge in [-0.25, -0.2) is 4.79 Å². The molecule has 0 aliphatic carbocycles. The maximum absolute atomic E-state index is 13.4. The van der Waals surface area contributed by atoms with Gasteiger partial charge in [0.1, 0.15) is 11.4 Å². The second-order valence-corrected chi connectivity index (χ2v) is 10.5. The normalized spacial score (nSPS) is 12.1. The average molecular weight is 546 g/mol. The molecule has 10 heteroatoms. The lowest BCUT2D eigenvalue weighted by molar-refractivity contribution is -0.137. The molecule has 0 unspecified atom stereocenters. The zero-order valence-electron chi connectivity index (χ0n) is 21.0. The molecule has 38 heavy (non-hydrogen) atoms. The van der Waals surface area contributed by atoms with Crippen LogP contribution in [0.15, 0.2) is 66.7 Å². The number of esters is 1. The van der Waals surface area contributed by atoms with Gasteiger partial charge in [0.15, 0.2) is 0 Å². The van der Waals surface area contributed by atoms with E-state index in [2.05, 4.69) is 0 Å². The summed E-state index contributed by atoms with van der Waals surface area (Å²) in [6, 6.07) is 17.2. The fourth-order valence-electron chi connectivity index (χ4n) is 4.53. The van der Waals surface area contributed by atoms with Crippen LogP contribution < -0.4 is 4.18 Å². The van der Waals surface area contributed by atoms with E-state index < -0.39 is 27.8 Å². The van der Waals surface area contributed by atoms with Gasteiger partial charge in [-0.05, 0) is 60.4 Å². The molecule has 0 radical (unpaired) electrons. The Labute approximate surface area is 218 Å². The highest BCUT2D eigenvalue weighted by Crippen LogP contribution is 2.33. The number of halogens is 3. The average Bonchev–Trinajstić information content (AvgIpc) is 3.10. The number of rotatable bonds is 8. The summed E-state index contributed by atoms with van der Waals surface area (Å²) in [5.74, 6) is -0.466. The lowest BCUT2D eigenvalue weighted by Crippen LogP contribution is -2.15. The number of fused-ring (bicyclic) bond motifs is 1. The standard InChI is InChI=1S/C28H26F3NO5S/c1-4-36-27(33)26-24(16-19-8-7-9-21(14-19)28(29,30)31)23-10-5-6-11-25(23)32(26)17-20-12-18(2)13-22(15-20)37-38(3,34)35/h5-15H,4,16-17H2,1-3H3. The minimum absolute atomic E-state index is 0.0713. The fraction of sp³-hybridized carbons (Fsp3) is 0.250. The number of hydrogen-bond donors (Lipinski definition) is 0. The molecule has 3 aromatic carbocycles. The van der Waals surface area contributed by atoms with Crippen LogP contribution >= 0.6 is 0 Å². The zero-order valence-corrected chi connectivity index (χ0v) is 21.8. The molecular weight excluding hydrogens is 519 g/mol. The van der Waals surface area contributed by atoms with Crippen molar-refractivity contribution in [1.29, 1.82) is 0 Å². The van der Waals surface area contributed by atoms with E-state index in [4.69, 9.17) is 8.92 Å². The van der Waals surface area contributed by atoms with Crippen molar-refractivity contribution in [2.24, 2.45) is 0 Å². The first kappa shape index (κ1) is 27.3. The number of ether oxygens (including phenoxy) is 1. The Balaban J connectivity index is 1.87. The third-order valence-corrected chi connectivity index (χ3v) is 6.37. The van der Waals surface area contributed by atoms with E-state index in [-0.39, 0.29) is 31.0 Å². The van der Waals surface area contributed by atoms with E-state index in [1.165, 1.54) is 6.07 Å². The molecule has 4 aromatic rings. The summed E-state index contributed by atoms with van der Waals surface area (Å²) in [4.78, 5) is 13.3. The van der Waals surface area contributed by atoms with Gasteiger partial charge < -0.3 is 13.5 Å². The zero-order chi connectivity index (χ0) is 27.7. The molecule has 0 saturated heterocycles. The molecule has 0 aliphatic heterocycles. The summed E-state index contributed by atoms with van der Waals surface area (Å²) in [6.07, 6.45) is -3.47. The first-order chi connectivity index (χ1) is 17.9. The van der Waals surface area contributed by atoms with Crippen LogP contribution in [0.1, 0.15) is 45.2 Å². The van der Waals surface area contributed by atoms with E-state index in [0.29, 0.717) is 27.6 Å². The van der Waals surface area contributed by atoms with Crippen LogP contribution in [-0.2, 0) is 34.0 Å². The highest BCUT2D eigenvalue weighted by Gasteiger charge is 2.31. The van der Waals surface area contributed by atoms with Crippen LogP contribution in [0, 0.1) is 6.92 Å². The number of carbonyl (C=O) groups excluding carboxylic acids is 1. The molecule has 200 valence electrons. The molecule has 0 amide bonds. The Hall–Kier alpha value is -3.79. The Kier molecular flexibility index (Phi) is 7.55. The van der Waals surface area contributed by atoms with Crippen molar-refractivity contribution in [3.8, 4) is 5.75 Å². The van der Waals surface area contributed by atoms with Gasteiger partial charge >= 0.3 is 22.3 Å². The summed E-state index contributed by atoms with van der Waals surface area (Å²) in [5.41, 5.74) is 2.49. The lowest BCUT2D eigenvalue weighted by Gasteiger charge is -2.14. The van der Waals surface area contributed by atoms with Gasteiger partial charge in [-0.15, -0.1) is 0 Å². The summed E-state index contributed by atoms with van der Waals surface area (Å²) in [6.45, 7) is 3.74.